The third-order valence-corrected chi connectivity index (χ3v) is 5.64. The zero-order chi connectivity index (χ0) is 21.7. The van der Waals surface area contributed by atoms with Gasteiger partial charge in [-0.05, 0) is 18.2 Å². The van der Waals surface area contributed by atoms with E-state index in [0.717, 1.165) is 11.3 Å². The molecule has 8 nitrogen and oxygen atoms in total. The van der Waals surface area contributed by atoms with Crippen LogP contribution in [0.4, 0.5) is 10.3 Å². The average molecular weight is 447 g/mol. The summed E-state index contributed by atoms with van der Waals surface area (Å²) in [6, 6.07) is 5.52. The van der Waals surface area contributed by atoms with Gasteiger partial charge in [-0.2, -0.15) is 0 Å². The highest BCUT2D eigenvalue weighted by Gasteiger charge is 2.14. The van der Waals surface area contributed by atoms with Crippen LogP contribution in [0.1, 0.15) is 19.5 Å². The molecule has 3 rings (SSSR count). The first-order valence-electron chi connectivity index (χ1n) is 9.12. The first kappa shape index (κ1) is 21.7. The Bertz CT molecular complexity index is 1050. The van der Waals surface area contributed by atoms with Crippen LogP contribution >= 0.6 is 22.7 Å². The summed E-state index contributed by atoms with van der Waals surface area (Å²) in [7, 11) is 3.16. The number of carbonyl (C=O) groups excluding carboxylic acids is 2. The van der Waals surface area contributed by atoms with E-state index < -0.39 is 0 Å². The Balaban J connectivity index is 1.62. The van der Waals surface area contributed by atoms with Crippen LogP contribution in [0.2, 0.25) is 0 Å². The fourth-order valence-corrected chi connectivity index (χ4v) is 3.93. The molecule has 1 aromatic carbocycles. The van der Waals surface area contributed by atoms with E-state index in [0.29, 0.717) is 27.5 Å². The highest BCUT2D eigenvalue weighted by Crippen LogP contribution is 2.33. The van der Waals surface area contributed by atoms with E-state index in [-0.39, 0.29) is 24.2 Å². The van der Waals surface area contributed by atoms with Gasteiger partial charge in [0, 0.05) is 22.2 Å². The number of methoxy groups -OCH3 is 2. The molecule has 0 saturated carbocycles. The van der Waals surface area contributed by atoms with Gasteiger partial charge in [0.2, 0.25) is 11.8 Å². The Kier molecular flexibility index (Phi) is 7.01. The highest BCUT2D eigenvalue weighted by molar-refractivity contribution is 7.14. The number of thiazole rings is 2. The number of ether oxygens (including phenoxy) is 2. The monoisotopic (exact) mass is 446 g/mol. The molecule has 10 heteroatoms. The van der Waals surface area contributed by atoms with Gasteiger partial charge >= 0.3 is 0 Å². The van der Waals surface area contributed by atoms with Crippen LogP contribution in [0.5, 0.6) is 11.5 Å². The minimum atomic E-state index is -0.227. The molecule has 0 aliphatic rings. The summed E-state index contributed by atoms with van der Waals surface area (Å²) in [5, 5.41) is 10.1. The predicted molar refractivity (Wildman–Crippen MR) is 119 cm³/mol. The maximum absolute atomic E-state index is 12.3. The van der Waals surface area contributed by atoms with Crippen molar-refractivity contribution in [1.82, 2.24) is 9.97 Å². The number of amides is 2. The molecule has 2 aromatic heterocycles. The summed E-state index contributed by atoms with van der Waals surface area (Å²) in [6.07, 6.45) is 0.0965. The molecule has 0 unspecified atom stereocenters. The van der Waals surface area contributed by atoms with Gasteiger partial charge < -0.3 is 20.1 Å². The molecule has 2 amide bonds. The van der Waals surface area contributed by atoms with Crippen molar-refractivity contribution >= 4 is 44.8 Å². The zero-order valence-electron chi connectivity index (χ0n) is 17.0. The van der Waals surface area contributed by atoms with Crippen LogP contribution in [0.3, 0.4) is 0 Å². The number of aromatic nitrogens is 2. The van der Waals surface area contributed by atoms with Crippen LogP contribution < -0.4 is 20.1 Å². The maximum Gasteiger partial charge on any atom is 0.232 e. The number of hydrogen-bond acceptors (Lipinski definition) is 8. The Morgan fingerprint density at radius 3 is 2.40 bits per heavy atom. The molecule has 0 aliphatic heterocycles. The van der Waals surface area contributed by atoms with Crippen LogP contribution in [-0.2, 0) is 16.0 Å². The van der Waals surface area contributed by atoms with E-state index in [1.807, 2.05) is 37.4 Å². The molecule has 2 N–H and O–H groups in total. The molecule has 0 spiro atoms. The molecular weight excluding hydrogens is 424 g/mol. The van der Waals surface area contributed by atoms with E-state index >= 15 is 0 Å². The lowest BCUT2D eigenvalue weighted by Crippen LogP contribution is -2.18. The minimum absolute atomic E-state index is 0.0965. The molecule has 0 saturated heterocycles. The SMILES string of the molecule is COc1ccc(-c2csc(NC(=O)Cc3csc(NC(=O)C(C)C)n3)n2)cc1OC. The fourth-order valence-electron chi connectivity index (χ4n) is 2.48. The van der Waals surface area contributed by atoms with Crippen molar-refractivity contribution in [3.05, 3.63) is 34.7 Å². The highest BCUT2D eigenvalue weighted by atomic mass is 32.1. The molecular formula is C20H22N4O4S2. The van der Waals surface area contributed by atoms with Gasteiger partial charge in [-0.25, -0.2) is 9.97 Å². The van der Waals surface area contributed by atoms with Crippen LogP contribution in [-0.4, -0.2) is 36.0 Å². The summed E-state index contributed by atoms with van der Waals surface area (Å²) in [5.41, 5.74) is 2.17. The van der Waals surface area contributed by atoms with Crippen molar-refractivity contribution in [2.24, 2.45) is 5.92 Å². The lowest BCUT2D eigenvalue weighted by Gasteiger charge is -2.08. The molecule has 0 aliphatic carbocycles. The third kappa shape index (κ3) is 5.33. The molecule has 158 valence electrons. The first-order chi connectivity index (χ1) is 14.4. The number of nitrogens with zero attached hydrogens (tertiary/aromatic N) is 2. The fraction of sp³-hybridized carbons (Fsp3) is 0.300. The topological polar surface area (TPSA) is 102 Å². The number of anilines is 2. The largest absolute Gasteiger partial charge is 0.493 e. The summed E-state index contributed by atoms with van der Waals surface area (Å²) in [6.45, 7) is 3.61. The molecule has 0 fully saturated rings. The van der Waals surface area contributed by atoms with Crippen molar-refractivity contribution in [3.8, 4) is 22.8 Å². The lowest BCUT2D eigenvalue weighted by molar-refractivity contribution is -0.119. The maximum atomic E-state index is 12.3. The second kappa shape index (κ2) is 9.68. The quantitative estimate of drug-likeness (QED) is 0.541. The lowest BCUT2D eigenvalue weighted by atomic mass is 10.1. The van der Waals surface area contributed by atoms with Gasteiger partial charge in [0.15, 0.2) is 21.8 Å². The van der Waals surface area contributed by atoms with Gasteiger partial charge in [-0.1, -0.05) is 13.8 Å². The predicted octanol–water partition coefficient (Wildman–Crippen LogP) is 4.06. The average Bonchev–Trinajstić information content (AvgIpc) is 3.36. The number of rotatable bonds is 8. The molecule has 2 heterocycles. The van der Waals surface area contributed by atoms with Crippen LogP contribution in [0, 0.1) is 5.92 Å². The van der Waals surface area contributed by atoms with Crippen LogP contribution in [0.15, 0.2) is 29.0 Å². The Morgan fingerprint density at radius 1 is 1.00 bits per heavy atom. The van der Waals surface area contributed by atoms with E-state index in [4.69, 9.17) is 9.47 Å². The van der Waals surface area contributed by atoms with Gasteiger partial charge in [-0.3, -0.25) is 9.59 Å². The first-order valence-corrected chi connectivity index (χ1v) is 10.9. The smallest absolute Gasteiger partial charge is 0.232 e. The molecule has 0 atom stereocenters. The van der Waals surface area contributed by atoms with Gasteiger partial charge in [0.25, 0.3) is 0 Å². The van der Waals surface area contributed by atoms with Crippen molar-refractivity contribution in [3.63, 3.8) is 0 Å². The van der Waals surface area contributed by atoms with Gasteiger partial charge in [-0.15, -0.1) is 22.7 Å². The van der Waals surface area contributed by atoms with Gasteiger partial charge in [0.05, 0.1) is 32.0 Å². The zero-order valence-corrected chi connectivity index (χ0v) is 18.6. The molecule has 0 bridgehead atoms. The Hall–Kier alpha value is -2.98. The second-order valence-corrected chi connectivity index (χ2v) is 8.34. The number of benzene rings is 1. The Morgan fingerprint density at radius 2 is 1.70 bits per heavy atom. The summed E-state index contributed by atoms with van der Waals surface area (Å²) in [4.78, 5) is 32.8. The second-order valence-electron chi connectivity index (χ2n) is 6.62. The van der Waals surface area contributed by atoms with Crippen molar-refractivity contribution in [2.45, 2.75) is 20.3 Å². The van der Waals surface area contributed by atoms with E-state index in [9.17, 15) is 9.59 Å². The molecule has 0 radical (unpaired) electrons. The van der Waals surface area contributed by atoms with Crippen molar-refractivity contribution < 1.29 is 19.1 Å². The molecule has 30 heavy (non-hydrogen) atoms. The van der Waals surface area contributed by atoms with Crippen LogP contribution in [0.25, 0.3) is 11.3 Å². The van der Waals surface area contributed by atoms with Crippen molar-refractivity contribution in [1.29, 1.82) is 0 Å². The number of nitrogens with one attached hydrogen (secondary N) is 2. The standard InChI is InChI=1S/C20H22N4O4S2/c1-11(2)18(26)24-19-21-13(9-29-19)8-17(25)23-20-22-14(10-30-20)12-5-6-15(27-3)16(7-12)28-4/h5-7,9-11H,8H2,1-4H3,(H,21,24,26)(H,22,23,25). The Labute approximate surface area is 182 Å². The minimum Gasteiger partial charge on any atom is -0.493 e. The third-order valence-electron chi connectivity index (χ3n) is 4.08. The molecule has 3 aromatic rings. The van der Waals surface area contributed by atoms with E-state index in [1.54, 1.807) is 19.6 Å². The summed E-state index contributed by atoms with van der Waals surface area (Å²) >= 11 is 2.63. The van der Waals surface area contributed by atoms with E-state index in [1.165, 1.54) is 22.7 Å². The number of carbonyl (C=O) groups is 2. The summed E-state index contributed by atoms with van der Waals surface area (Å²) in [5.74, 6) is 0.779. The normalized spacial score (nSPS) is 10.7. The summed E-state index contributed by atoms with van der Waals surface area (Å²) < 4.78 is 10.6. The van der Waals surface area contributed by atoms with Crippen molar-refractivity contribution in [2.75, 3.05) is 24.9 Å². The van der Waals surface area contributed by atoms with E-state index in [2.05, 4.69) is 20.6 Å². The number of hydrogen-bond donors (Lipinski definition) is 2. The van der Waals surface area contributed by atoms with Gasteiger partial charge in [0.1, 0.15) is 0 Å².